The molecule has 2 N–H and O–H groups in total. The molecule has 1 amide bonds. The summed E-state index contributed by atoms with van der Waals surface area (Å²) in [6.07, 6.45) is 5.08. The first-order chi connectivity index (χ1) is 13.1. The molecule has 0 atom stereocenters. The van der Waals surface area contributed by atoms with Crippen molar-refractivity contribution in [3.05, 3.63) is 24.0 Å². The number of unbranched alkanes of at least 4 members (excludes halogenated alkanes) is 3. The lowest BCUT2D eigenvalue weighted by Crippen LogP contribution is -2.27. The third kappa shape index (κ3) is 6.26. The number of aromatic nitrogens is 2. The van der Waals surface area contributed by atoms with Gasteiger partial charge in [0.2, 0.25) is 5.91 Å². The molecular formula is C19H28Cl2N4O2. The number of alkyl halides is 2. The van der Waals surface area contributed by atoms with Gasteiger partial charge in [0.15, 0.2) is 0 Å². The number of nitrogens with zero attached hydrogens (tertiary/aromatic N) is 3. The Hall–Kier alpha value is -1.50. The molecule has 0 aliphatic carbocycles. The van der Waals surface area contributed by atoms with Crippen molar-refractivity contribution in [2.75, 3.05) is 29.7 Å². The first-order valence-corrected chi connectivity index (χ1v) is 10.4. The molecule has 2 aromatic rings. The molecule has 8 heteroatoms. The fourth-order valence-corrected chi connectivity index (χ4v) is 3.61. The average Bonchev–Trinajstić information content (AvgIpc) is 2.99. The van der Waals surface area contributed by atoms with Crippen molar-refractivity contribution in [1.82, 2.24) is 15.0 Å². The normalized spacial score (nSPS) is 11.1. The molecule has 2 rings (SSSR count). The van der Waals surface area contributed by atoms with Crippen LogP contribution in [0.3, 0.4) is 0 Å². The predicted octanol–water partition coefficient (Wildman–Crippen LogP) is 3.86. The van der Waals surface area contributed by atoms with Gasteiger partial charge in [0.05, 0.1) is 11.0 Å². The third-order valence-corrected chi connectivity index (χ3v) is 5.05. The molecule has 27 heavy (non-hydrogen) atoms. The van der Waals surface area contributed by atoms with Gasteiger partial charge in [-0.15, -0.1) is 23.2 Å². The van der Waals surface area contributed by atoms with E-state index in [0.29, 0.717) is 18.2 Å². The maximum absolute atomic E-state index is 11.0. The van der Waals surface area contributed by atoms with Crippen LogP contribution in [0, 0.1) is 0 Å². The Morgan fingerprint density at radius 1 is 1.19 bits per heavy atom. The lowest BCUT2D eigenvalue weighted by atomic mass is 10.1. The smallest absolute Gasteiger partial charge is 0.243 e. The number of benzene rings is 1. The van der Waals surface area contributed by atoms with Crippen LogP contribution in [0.5, 0.6) is 0 Å². The lowest BCUT2D eigenvalue weighted by Gasteiger charge is -2.22. The van der Waals surface area contributed by atoms with E-state index in [2.05, 4.69) is 27.7 Å². The molecule has 0 aliphatic rings. The summed E-state index contributed by atoms with van der Waals surface area (Å²) in [5.74, 6) is 1.87. The summed E-state index contributed by atoms with van der Waals surface area (Å²) in [7, 11) is 2.05. The molecule has 0 fully saturated rings. The number of halogens is 2. The molecule has 1 aromatic carbocycles. The van der Waals surface area contributed by atoms with Crippen LogP contribution in [0.15, 0.2) is 18.2 Å². The number of hydrogen-bond donors (Lipinski definition) is 2. The number of anilines is 1. The largest absolute Gasteiger partial charge is 0.369 e. The van der Waals surface area contributed by atoms with Gasteiger partial charge in [-0.2, -0.15) is 0 Å². The summed E-state index contributed by atoms with van der Waals surface area (Å²) in [6, 6.07) is 6.28. The van der Waals surface area contributed by atoms with Crippen molar-refractivity contribution in [1.29, 1.82) is 0 Å². The number of hydroxylamine groups is 1. The van der Waals surface area contributed by atoms with Gasteiger partial charge in [-0.25, -0.2) is 10.5 Å². The van der Waals surface area contributed by atoms with Crippen LogP contribution in [-0.2, 0) is 18.3 Å². The van der Waals surface area contributed by atoms with Gasteiger partial charge in [0.25, 0.3) is 0 Å². The molecular weight excluding hydrogens is 387 g/mol. The predicted molar refractivity (Wildman–Crippen MR) is 111 cm³/mol. The van der Waals surface area contributed by atoms with Gasteiger partial charge < -0.3 is 9.47 Å². The minimum absolute atomic E-state index is 0.321. The minimum atomic E-state index is -0.321. The number of aryl methyl sites for hydroxylation is 2. The first kappa shape index (κ1) is 21.8. The molecule has 0 spiro atoms. The van der Waals surface area contributed by atoms with Gasteiger partial charge in [-0.3, -0.25) is 10.0 Å². The lowest BCUT2D eigenvalue weighted by molar-refractivity contribution is -0.129. The monoisotopic (exact) mass is 414 g/mol. The molecule has 0 saturated heterocycles. The van der Waals surface area contributed by atoms with E-state index in [4.69, 9.17) is 33.4 Å². The number of amides is 1. The van der Waals surface area contributed by atoms with Crippen LogP contribution in [0.4, 0.5) is 5.69 Å². The summed E-state index contributed by atoms with van der Waals surface area (Å²) in [5, 5.41) is 8.47. The number of carbonyl (C=O) groups excluding carboxylic acids is 1. The van der Waals surface area contributed by atoms with E-state index in [1.807, 2.05) is 7.05 Å². The molecule has 6 nitrogen and oxygen atoms in total. The standard InChI is InChI=1S/C19H28Cl2N4O2/c1-24-17-14-15(25(12-10-20)13-11-21)8-9-16(17)22-18(24)6-4-2-3-5-7-19(26)23-27/h8-9,14,27H,2-7,10-13H2,1H3,(H,23,26). The zero-order valence-corrected chi connectivity index (χ0v) is 17.3. The van der Waals surface area contributed by atoms with Crippen LogP contribution < -0.4 is 10.4 Å². The summed E-state index contributed by atoms with van der Waals surface area (Å²) >= 11 is 11.8. The Kier molecular flexibility index (Phi) is 9.18. The van der Waals surface area contributed by atoms with Crippen molar-refractivity contribution < 1.29 is 10.0 Å². The molecule has 150 valence electrons. The zero-order chi connectivity index (χ0) is 19.6. The topological polar surface area (TPSA) is 70.4 Å². The van der Waals surface area contributed by atoms with Crippen molar-refractivity contribution >= 4 is 45.8 Å². The number of imidazole rings is 1. The highest BCUT2D eigenvalue weighted by atomic mass is 35.5. The van der Waals surface area contributed by atoms with Crippen LogP contribution in [0.25, 0.3) is 11.0 Å². The van der Waals surface area contributed by atoms with E-state index in [0.717, 1.165) is 67.7 Å². The number of carbonyl (C=O) groups is 1. The van der Waals surface area contributed by atoms with Crippen molar-refractivity contribution in [3.63, 3.8) is 0 Å². The van der Waals surface area contributed by atoms with E-state index < -0.39 is 0 Å². The van der Waals surface area contributed by atoms with E-state index in [1.54, 1.807) is 5.48 Å². The first-order valence-electron chi connectivity index (χ1n) is 9.36. The van der Waals surface area contributed by atoms with Crippen molar-refractivity contribution in [3.8, 4) is 0 Å². The highest BCUT2D eigenvalue weighted by Gasteiger charge is 2.11. The second kappa shape index (κ2) is 11.4. The second-order valence-corrected chi connectivity index (χ2v) is 7.33. The number of rotatable bonds is 12. The highest BCUT2D eigenvalue weighted by Crippen LogP contribution is 2.23. The third-order valence-electron chi connectivity index (χ3n) is 4.71. The van der Waals surface area contributed by atoms with Gasteiger partial charge in [0, 0.05) is 50.4 Å². The zero-order valence-electron chi connectivity index (χ0n) is 15.8. The van der Waals surface area contributed by atoms with E-state index >= 15 is 0 Å². The van der Waals surface area contributed by atoms with Gasteiger partial charge in [-0.1, -0.05) is 12.8 Å². The number of fused-ring (bicyclic) bond motifs is 1. The summed E-state index contributed by atoms with van der Waals surface area (Å²) in [6.45, 7) is 1.53. The minimum Gasteiger partial charge on any atom is -0.369 e. The van der Waals surface area contributed by atoms with E-state index in [9.17, 15) is 4.79 Å². The van der Waals surface area contributed by atoms with Crippen LogP contribution >= 0.6 is 23.2 Å². The Bertz CT molecular complexity index is 730. The van der Waals surface area contributed by atoms with E-state index in [-0.39, 0.29) is 5.91 Å². The Morgan fingerprint density at radius 2 is 1.89 bits per heavy atom. The molecule has 0 radical (unpaired) electrons. The Labute approximate surface area is 170 Å². The molecule has 1 aromatic heterocycles. The number of hydrogen-bond acceptors (Lipinski definition) is 4. The van der Waals surface area contributed by atoms with E-state index in [1.165, 1.54) is 0 Å². The second-order valence-electron chi connectivity index (χ2n) is 6.57. The quantitative estimate of drug-likeness (QED) is 0.239. The molecule has 0 unspecified atom stereocenters. The fraction of sp³-hybridized carbons (Fsp3) is 0.579. The van der Waals surface area contributed by atoms with Gasteiger partial charge >= 0.3 is 0 Å². The maximum Gasteiger partial charge on any atom is 0.243 e. The van der Waals surface area contributed by atoms with Gasteiger partial charge in [-0.05, 0) is 31.0 Å². The van der Waals surface area contributed by atoms with Crippen molar-refractivity contribution in [2.45, 2.75) is 38.5 Å². The average molecular weight is 415 g/mol. The summed E-state index contributed by atoms with van der Waals surface area (Å²) in [5.41, 5.74) is 4.87. The maximum atomic E-state index is 11.0. The Morgan fingerprint density at radius 3 is 2.56 bits per heavy atom. The highest BCUT2D eigenvalue weighted by molar-refractivity contribution is 6.18. The Balaban J connectivity index is 1.96. The van der Waals surface area contributed by atoms with Crippen LogP contribution in [0.1, 0.15) is 37.9 Å². The molecule has 0 saturated carbocycles. The van der Waals surface area contributed by atoms with Gasteiger partial charge in [0.1, 0.15) is 5.82 Å². The summed E-state index contributed by atoms with van der Waals surface area (Å²) in [4.78, 5) is 17.9. The molecule has 1 heterocycles. The van der Waals surface area contributed by atoms with Crippen LogP contribution in [0.2, 0.25) is 0 Å². The van der Waals surface area contributed by atoms with Crippen molar-refractivity contribution in [2.24, 2.45) is 7.05 Å². The SMILES string of the molecule is Cn1c(CCCCCCC(=O)NO)nc2ccc(N(CCCl)CCCl)cc21. The number of nitrogens with one attached hydrogen (secondary N) is 1. The molecule has 0 aliphatic heterocycles. The molecule has 0 bridgehead atoms. The summed E-state index contributed by atoms with van der Waals surface area (Å²) < 4.78 is 2.15. The fourth-order valence-electron chi connectivity index (χ4n) is 3.20. The van der Waals surface area contributed by atoms with Crippen LogP contribution in [-0.4, -0.2) is 45.5 Å².